The van der Waals surface area contributed by atoms with Crippen LogP contribution in [0.3, 0.4) is 0 Å². The average molecular weight is 359 g/mol. The molecule has 0 radical (unpaired) electrons. The van der Waals surface area contributed by atoms with Crippen LogP contribution in [0.2, 0.25) is 0 Å². The molecule has 3 rings (SSSR count). The highest BCUT2D eigenvalue weighted by molar-refractivity contribution is 5.88. The highest BCUT2D eigenvalue weighted by Gasteiger charge is 2.30. The molecule has 0 aliphatic carbocycles. The molecule has 2 aromatic rings. The topological polar surface area (TPSA) is 63.5 Å². The maximum Gasteiger partial charge on any atom is 0.410 e. The Morgan fingerprint density at radius 2 is 1.96 bits per heavy atom. The number of rotatable bonds is 3. The van der Waals surface area contributed by atoms with E-state index in [2.05, 4.69) is 21.2 Å². The van der Waals surface area contributed by atoms with Crippen LogP contribution in [0.15, 0.2) is 18.2 Å². The Morgan fingerprint density at radius 1 is 1.27 bits per heavy atom. The van der Waals surface area contributed by atoms with Crippen molar-refractivity contribution in [1.82, 2.24) is 19.9 Å². The molecule has 1 fully saturated rings. The Hall–Kier alpha value is -2.31. The van der Waals surface area contributed by atoms with E-state index in [0.29, 0.717) is 6.54 Å². The normalized spacial score (nSPS) is 16.1. The minimum absolute atomic E-state index is 0.213. The van der Waals surface area contributed by atoms with Gasteiger partial charge >= 0.3 is 6.09 Å². The van der Waals surface area contributed by atoms with Gasteiger partial charge in [0.15, 0.2) is 0 Å². The Morgan fingerprint density at radius 3 is 2.58 bits per heavy atom. The molecule has 7 nitrogen and oxygen atoms in total. The van der Waals surface area contributed by atoms with Gasteiger partial charge in [-0.1, -0.05) is 6.07 Å². The molecule has 1 saturated heterocycles. The molecule has 1 aromatic heterocycles. The number of hydrogen-bond acceptors (Lipinski definition) is 5. The standard InChI is InChI=1S/C19H29N5O2/c1-6-24(18(25)26-19(2,3)4)14-10-12-23(13-11-14)16-9-7-8-15-17(16)21-22(5)20-15/h7-9,14H,6,10-13H2,1-5H3. The predicted octanol–water partition coefficient (Wildman–Crippen LogP) is 3.19. The second kappa shape index (κ2) is 7.13. The molecule has 0 N–H and O–H groups in total. The van der Waals surface area contributed by atoms with Gasteiger partial charge in [-0.2, -0.15) is 15.0 Å². The number of aromatic nitrogens is 3. The van der Waals surface area contributed by atoms with Crippen molar-refractivity contribution < 1.29 is 9.53 Å². The van der Waals surface area contributed by atoms with E-state index in [0.717, 1.165) is 42.7 Å². The SMILES string of the molecule is CCN(C(=O)OC(C)(C)C)C1CCN(c2cccc3nn(C)nc23)CC1. The lowest BCUT2D eigenvalue weighted by Crippen LogP contribution is -2.48. The van der Waals surface area contributed by atoms with Gasteiger partial charge in [-0.05, 0) is 52.7 Å². The first-order valence-electron chi connectivity index (χ1n) is 9.33. The van der Waals surface area contributed by atoms with Gasteiger partial charge in [0.25, 0.3) is 0 Å². The van der Waals surface area contributed by atoms with Crippen LogP contribution in [0.25, 0.3) is 11.0 Å². The van der Waals surface area contributed by atoms with Gasteiger partial charge in [0.1, 0.15) is 16.6 Å². The van der Waals surface area contributed by atoms with E-state index in [9.17, 15) is 4.79 Å². The Kier molecular flexibility index (Phi) is 5.07. The van der Waals surface area contributed by atoms with Crippen molar-refractivity contribution in [3.63, 3.8) is 0 Å². The number of anilines is 1. The van der Waals surface area contributed by atoms with E-state index < -0.39 is 5.60 Å². The summed E-state index contributed by atoms with van der Waals surface area (Å²) in [6, 6.07) is 6.33. The number of amides is 1. The maximum absolute atomic E-state index is 12.5. The fraction of sp³-hybridized carbons (Fsp3) is 0.632. The zero-order chi connectivity index (χ0) is 18.9. The number of aryl methyl sites for hydroxylation is 1. The van der Waals surface area contributed by atoms with E-state index in [4.69, 9.17) is 4.74 Å². The largest absolute Gasteiger partial charge is 0.444 e. The third-order valence-electron chi connectivity index (χ3n) is 4.71. The van der Waals surface area contributed by atoms with Gasteiger partial charge in [-0.3, -0.25) is 0 Å². The number of benzene rings is 1. The minimum atomic E-state index is -0.465. The van der Waals surface area contributed by atoms with E-state index in [1.807, 2.05) is 51.8 Å². The van der Waals surface area contributed by atoms with Gasteiger partial charge in [0.05, 0.1) is 5.69 Å². The lowest BCUT2D eigenvalue weighted by molar-refractivity contribution is 0.0149. The molecule has 0 atom stereocenters. The molecular weight excluding hydrogens is 330 g/mol. The van der Waals surface area contributed by atoms with Crippen LogP contribution in [-0.4, -0.2) is 57.3 Å². The summed E-state index contributed by atoms with van der Waals surface area (Å²) in [6.07, 6.45) is 1.63. The van der Waals surface area contributed by atoms with Crippen molar-refractivity contribution in [3.05, 3.63) is 18.2 Å². The monoisotopic (exact) mass is 359 g/mol. The molecule has 0 unspecified atom stereocenters. The lowest BCUT2D eigenvalue weighted by Gasteiger charge is -2.39. The van der Waals surface area contributed by atoms with Crippen LogP contribution in [0, 0.1) is 0 Å². The Bertz CT molecular complexity index is 772. The van der Waals surface area contributed by atoms with Gasteiger partial charge in [-0.15, -0.1) is 0 Å². The number of ether oxygens (including phenoxy) is 1. The first-order chi connectivity index (χ1) is 12.3. The first-order valence-corrected chi connectivity index (χ1v) is 9.33. The molecule has 1 aliphatic heterocycles. The molecule has 26 heavy (non-hydrogen) atoms. The number of carbonyl (C=O) groups is 1. The van der Waals surface area contributed by atoms with Gasteiger partial charge in [0.2, 0.25) is 0 Å². The molecule has 142 valence electrons. The number of hydrogen-bond donors (Lipinski definition) is 0. The van der Waals surface area contributed by atoms with Crippen LogP contribution in [-0.2, 0) is 11.8 Å². The predicted molar refractivity (Wildman–Crippen MR) is 102 cm³/mol. The van der Waals surface area contributed by atoms with Crippen LogP contribution in [0.4, 0.5) is 10.5 Å². The molecule has 1 amide bonds. The Balaban J connectivity index is 1.69. The second-order valence-corrected chi connectivity index (χ2v) is 7.82. The fourth-order valence-corrected chi connectivity index (χ4v) is 3.56. The lowest BCUT2D eigenvalue weighted by atomic mass is 10.0. The maximum atomic E-state index is 12.5. The van der Waals surface area contributed by atoms with Crippen molar-refractivity contribution in [2.75, 3.05) is 24.5 Å². The molecule has 7 heteroatoms. The molecule has 0 bridgehead atoms. The summed E-state index contributed by atoms with van der Waals surface area (Å²) < 4.78 is 5.57. The molecule has 0 saturated carbocycles. The van der Waals surface area contributed by atoms with Crippen LogP contribution in [0.1, 0.15) is 40.5 Å². The first kappa shape index (κ1) is 18.5. The fourth-order valence-electron chi connectivity index (χ4n) is 3.56. The van der Waals surface area contributed by atoms with Crippen LogP contribution < -0.4 is 4.90 Å². The number of piperidine rings is 1. The highest BCUT2D eigenvalue weighted by Crippen LogP contribution is 2.28. The smallest absolute Gasteiger partial charge is 0.410 e. The van der Waals surface area contributed by atoms with Crippen molar-refractivity contribution in [3.8, 4) is 0 Å². The highest BCUT2D eigenvalue weighted by atomic mass is 16.6. The quantitative estimate of drug-likeness (QED) is 0.842. The van der Waals surface area contributed by atoms with Crippen molar-refractivity contribution in [2.45, 2.75) is 52.2 Å². The van der Waals surface area contributed by atoms with E-state index in [1.54, 1.807) is 4.80 Å². The van der Waals surface area contributed by atoms with Gasteiger partial charge in [0, 0.05) is 32.7 Å². The van der Waals surface area contributed by atoms with Crippen molar-refractivity contribution in [1.29, 1.82) is 0 Å². The summed E-state index contributed by atoms with van der Waals surface area (Å²) in [5.41, 5.74) is 2.51. The number of fused-ring (bicyclic) bond motifs is 1. The second-order valence-electron chi connectivity index (χ2n) is 7.82. The number of nitrogens with zero attached hydrogens (tertiary/aromatic N) is 5. The van der Waals surface area contributed by atoms with E-state index in [-0.39, 0.29) is 12.1 Å². The summed E-state index contributed by atoms with van der Waals surface area (Å²) in [5, 5.41) is 8.90. The number of carbonyl (C=O) groups excluding carboxylic acids is 1. The summed E-state index contributed by atoms with van der Waals surface area (Å²) in [7, 11) is 1.84. The summed E-state index contributed by atoms with van der Waals surface area (Å²) >= 11 is 0. The zero-order valence-electron chi connectivity index (χ0n) is 16.4. The zero-order valence-corrected chi connectivity index (χ0v) is 16.4. The summed E-state index contributed by atoms with van der Waals surface area (Å²) in [6.45, 7) is 10.2. The summed E-state index contributed by atoms with van der Waals surface area (Å²) in [5.74, 6) is 0. The average Bonchev–Trinajstić information content (AvgIpc) is 2.94. The molecule has 2 heterocycles. The van der Waals surface area contributed by atoms with Crippen LogP contribution >= 0.6 is 0 Å². The molecular formula is C19H29N5O2. The molecule has 1 aliphatic rings. The molecule has 1 aromatic carbocycles. The van der Waals surface area contributed by atoms with Crippen LogP contribution in [0.5, 0.6) is 0 Å². The third-order valence-corrected chi connectivity index (χ3v) is 4.71. The van der Waals surface area contributed by atoms with Crippen molar-refractivity contribution >= 4 is 22.8 Å². The van der Waals surface area contributed by atoms with Crippen molar-refractivity contribution in [2.24, 2.45) is 7.05 Å². The van der Waals surface area contributed by atoms with Gasteiger partial charge in [-0.25, -0.2) is 4.79 Å². The van der Waals surface area contributed by atoms with E-state index >= 15 is 0 Å². The van der Waals surface area contributed by atoms with E-state index in [1.165, 1.54) is 0 Å². The summed E-state index contributed by atoms with van der Waals surface area (Å²) in [4.78, 5) is 18.3. The Labute approximate surface area is 154 Å². The minimum Gasteiger partial charge on any atom is -0.444 e. The van der Waals surface area contributed by atoms with Gasteiger partial charge < -0.3 is 14.5 Å². The molecule has 0 spiro atoms. The third kappa shape index (κ3) is 3.92.